The molecule has 11 heteroatoms. The molecule has 4 saturated heterocycles. The molecular weight excluding hydrogens is 644 g/mol. The van der Waals surface area contributed by atoms with E-state index >= 15 is 0 Å². The molecule has 0 aromatic carbocycles. The first-order chi connectivity index (χ1) is 24.0. The van der Waals surface area contributed by atoms with Crippen molar-refractivity contribution in [2.24, 2.45) is 23.7 Å². The Balaban J connectivity index is 0.000000349. The number of ether oxygens (including phenoxy) is 1. The van der Waals surface area contributed by atoms with Crippen LogP contribution in [0.1, 0.15) is 107 Å². The normalized spacial score (nSPS) is 18.9. The monoisotopic (exact) mass is 723 g/mol. The number of hydrogen-bond acceptors (Lipinski definition) is 7. The molecule has 0 saturated carbocycles. The third-order valence-corrected chi connectivity index (χ3v) is 9.52. The van der Waals surface area contributed by atoms with E-state index in [2.05, 4.69) is 63.3 Å². The summed E-state index contributed by atoms with van der Waals surface area (Å²) in [7, 11) is 5.67. The summed E-state index contributed by atoms with van der Waals surface area (Å²) in [6.45, 7) is 27.9. The van der Waals surface area contributed by atoms with Gasteiger partial charge in [0, 0.05) is 98.2 Å². The van der Waals surface area contributed by atoms with E-state index in [-0.39, 0.29) is 11.8 Å². The van der Waals surface area contributed by atoms with Crippen LogP contribution in [0.15, 0.2) is 0 Å². The minimum absolute atomic E-state index is 0.213. The molecule has 4 amide bonds. The minimum atomic E-state index is 0.213. The summed E-state index contributed by atoms with van der Waals surface area (Å²) in [5.41, 5.74) is 0. The number of carbonyl (C=O) groups is 4. The van der Waals surface area contributed by atoms with Crippen LogP contribution in [-0.4, -0.2) is 159 Å². The number of rotatable bonds is 9. The summed E-state index contributed by atoms with van der Waals surface area (Å²) in [6, 6.07) is 0.751. The van der Waals surface area contributed by atoms with Gasteiger partial charge in [-0.1, -0.05) is 55.4 Å². The fraction of sp³-hybridized carbons (Fsp3) is 0.900. The average Bonchev–Trinajstić information content (AvgIpc) is 3.61. The Morgan fingerprint density at radius 2 is 0.922 bits per heavy atom. The Morgan fingerprint density at radius 3 is 1.27 bits per heavy atom. The lowest BCUT2D eigenvalue weighted by Crippen LogP contribution is -2.47. The van der Waals surface area contributed by atoms with Crippen LogP contribution >= 0.6 is 0 Å². The second-order valence-electron chi connectivity index (χ2n) is 16.7. The van der Waals surface area contributed by atoms with Crippen LogP contribution in [0.5, 0.6) is 0 Å². The number of carbonyl (C=O) groups excluding carboxylic acids is 4. The smallest absolute Gasteiger partial charge is 0.222 e. The third-order valence-electron chi connectivity index (χ3n) is 9.52. The molecule has 0 atom stereocenters. The van der Waals surface area contributed by atoms with Gasteiger partial charge in [-0.05, 0) is 69.5 Å². The highest BCUT2D eigenvalue weighted by atomic mass is 16.5. The molecule has 0 aliphatic carbocycles. The molecule has 0 bridgehead atoms. The maximum Gasteiger partial charge on any atom is 0.222 e. The maximum atomic E-state index is 11.9. The lowest BCUT2D eigenvalue weighted by Gasteiger charge is -2.37. The van der Waals surface area contributed by atoms with Crippen LogP contribution in [0.3, 0.4) is 0 Å². The largest absolute Gasteiger partial charge is 0.378 e. The molecule has 0 aromatic rings. The highest BCUT2D eigenvalue weighted by Crippen LogP contribution is 2.22. The van der Waals surface area contributed by atoms with E-state index < -0.39 is 0 Å². The maximum absolute atomic E-state index is 11.9. The van der Waals surface area contributed by atoms with Crippen LogP contribution in [0.4, 0.5) is 0 Å². The molecule has 298 valence electrons. The molecule has 4 fully saturated rings. The van der Waals surface area contributed by atoms with Crippen LogP contribution in [0.2, 0.25) is 0 Å². The van der Waals surface area contributed by atoms with Gasteiger partial charge >= 0.3 is 0 Å². The second-order valence-corrected chi connectivity index (χ2v) is 16.7. The third kappa shape index (κ3) is 21.2. The van der Waals surface area contributed by atoms with Crippen molar-refractivity contribution in [3.05, 3.63) is 0 Å². The van der Waals surface area contributed by atoms with Crippen molar-refractivity contribution in [3.63, 3.8) is 0 Å². The van der Waals surface area contributed by atoms with Crippen LogP contribution in [0, 0.1) is 23.7 Å². The van der Waals surface area contributed by atoms with Gasteiger partial charge in [0.05, 0.1) is 13.2 Å². The van der Waals surface area contributed by atoms with Crippen molar-refractivity contribution in [2.75, 3.05) is 99.8 Å². The summed E-state index contributed by atoms with van der Waals surface area (Å²) in [5, 5.41) is 0. The van der Waals surface area contributed by atoms with Crippen LogP contribution in [0.25, 0.3) is 0 Å². The Kier molecular flexibility index (Phi) is 23.6. The first-order valence-corrected chi connectivity index (χ1v) is 20.0. The van der Waals surface area contributed by atoms with E-state index in [1.54, 1.807) is 19.0 Å². The van der Waals surface area contributed by atoms with Gasteiger partial charge in [0.1, 0.15) is 0 Å². The highest BCUT2D eigenvalue weighted by Gasteiger charge is 2.28. The van der Waals surface area contributed by atoms with Gasteiger partial charge in [0.15, 0.2) is 0 Å². The number of likely N-dealkylation sites (N-methyl/N-ethyl adjacent to an activating group) is 1. The molecule has 4 aliphatic rings. The summed E-state index contributed by atoms with van der Waals surface area (Å²) >= 11 is 0. The SMILES string of the molecule is CC(C)CC(=O)N(C)C.CC(C)CC(=O)N1CCC(N2CCCC2)CC1.CC(C)CC(=O)N1CCN(C)CC1.CC(C)CC(=O)N1CCOCC1. The molecule has 0 unspecified atom stereocenters. The van der Waals surface area contributed by atoms with Crippen molar-refractivity contribution >= 4 is 23.6 Å². The van der Waals surface area contributed by atoms with E-state index in [0.29, 0.717) is 74.4 Å². The van der Waals surface area contributed by atoms with Gasteiger partial charge in [-0.15, -0.1) is 0 Å². The first-order valence-electron chi connectivity index (χ1n) is 20.0. The molecule has 0 N–H and O–H groups in total. The standard InChI is InChI=1S/C14H26N2O.C10H20N2O.C9H17NO2.C7H15NO/c1-12(2)11-14(17)16-9-5-13(6-10-16)15-7-3-4-8-15;1-9(2)8-10(13)12-6-4-11(3)5-7-12;1-8(2)7-9(11)10-3-5-12-6-4-10;1-6(2)5-7(9)8(3)4/h12-13H,3-11H2,1-2H3;9H,4-8H2,1-3H3;8H,3-7H2,1-2H3;6H,5H2,1-4H3. The Morgan fingerprint density at radius 1 is 0.549 bits per heavy atom. The topological polar surface area (TPSA) is 96.9 Å². The average molecular weight is 723 g/mol. The number of nitrogens with zero attached hydrogens (tertiary/aromatic N) is 6. The molecule has 0 aromatic heterocycles. The summed E-state index contributed by atoms with van der Waals surface area (Å²) in [4.78, 5) is 58.4. The van der Waals surface area contributed by atoms with E-state index in [4.69, 9.17) is 4.74 Å². The Hall–Kier alpha value is -2.24. The molecule has 0 spiro atoms. The number of piperidine rings is 1. The number of piperazine rings is 1. The number of morpholine rings is 1. The molecule has 4 aliphatic heterocycles. The van der Waals surface area contributed by atoms with Gasteiger partial charge in [-0.2, -0.15) is 0 Å². The molecular formula is C40H78N6O5. The van der Waals surface area contributed by atoms with Gasteiger partial charge in [0.25, 0.3) is 0 Å². The van der Waals surface area contributed by atoms with E-state index in [9.17, 15) is 19.2 Å². The highest BCUT2D eigenvalue weighted by molar-refractivity contribution is 5.77. The lowest BCUT2D eigenvalue weighted by molar-refractivity contribution is -0.136. The van der Waals surface area contributed by atoms with E-state index in [1.165, 1.54) is 38.8 Å². The fourth-order valence-electron chi connectivity index (χ4n) is 6.42. The molecule has 4 rings (SSSR count). The molecule has 51 heavy (non-hydrogen) atoms. The quantitative estimate of drug-likeness (QED) is 0.333. The van der Waals surface area contributed by atoms with Crippen LogP contribution < -0.4 is 0 Å². The second kappa shape index (κ2) is 25.7. The molecule has 0 radical (unpaired) electrons. The predicted octanol–water partition coefficient (Wildman–Crippen LogP) is 4.94. The number of hydrogen-bond donors (Lipinski definition) is 0. The van der Waals surface area contributed by atoms with Crippen molar-refractivity contribution in [1.29, 1.82) is 0 Å². The Bertz CT molecular complexity index is 976. The zero-order valence-corrected chi connectivity index (χ0v) is 34.8. The zero-order valence-electron chi connectivity index (χ0n) is 34.8. The lowest BCUT2D eigenvalue weighted by atomic mass is 10.0. The Labute approximate surface area is 312 Å². The van der Waals surface area contributed by atoms with Crippen LogP contribution in [-0.2, 0) is 23.9 Å². The summed E-state index contributed by atoms with van der Waals surface area (Å²) in [5.74, 6) is 3.06. The first kappa shape index (κ1) is 46.8. The van der Waals surface area contributed by atoms with Gasteiger partial charge in [0.2, 0.25) is 23.6 Å². The fourth-order valence-corrected chi connectivity index (χ4v) is 6.42. The number of amides is 4. The van der Waals surface area contributed by atoms with Crippen molar-refractivity contribution in [1.82, 2.24) is 29.4 Å². The van der Waals surface area contributed by atoms with Gasteiger partial charge in [-0.25, -0.2) is 0 Å². The zero-order chi connectivity index (χ0) is 38.5. The molecule has 4 heterocycles. The van der Waals surface area contributed by atoms with Crippen molar-refractivity contribution in [3.8, 4) is 0 Å². The van der Waals surface area contributed by atoms with Gasteiger partial charge < -0.3 is 34.1 Å². The van der Waals surface area contributed by atoms with E-state index in [1.807, 2.05) is 23.6 Å². The molecule has 11 nitrogen and oxygen atoms in total. The van der Waals surface area contributed by atoms with Crippen molar-refractivity contribution < 1.29 is 23.9 Å². The van der Waals surface area contributed by atoms with E-state index in [0.717, 1.165) is 58.4 Å². The minimum Gasteiger partial charge on any atom is -0.378 e. The predicted molar refractivity (Wildman–Crippen MR) is 208 cm³/mol. The summed E-state index contributed by atoms with van der Waals surface area (Å²) < 4.78 is 5.16. The number of likely N-dealkylation sites (tertiary alicyclic amines) is 2. The summed E-state index contributed by atoms with van der Waals surface area (Å²) in [6.07, 6.45) is 7.84. The van der Waals surface area contributed by atoms with Gasteiger partial charge in [-0.3, -0.25) is 19.2 Å². The van der Waals surface area contributed by atoms with Crippen molar-refractivity contribution in [2.45, 2.75) is 113 Å².